The number of hydrogen-bond acceptors (Lipinski definition) is 3. The third-order valence-electron chi connectivity index (χ3n) is 1.41. The predicted molar refractivity (Wildman–Crippen MR) is 44.4 cm³/mol. The lowest BCUT2D eigenvalue weighted by molar-refractivity contribution is -0.125. The molecule has 3 heteroatoms. The molecule has 0 fully saturated rings. The molecule has 11 heavy (non-hydrogen) atoms. The molecule has 0 aliphatic heterocycles. The molecule has 0 aliphatic carbocycles. The number of carbonyl (C=O) groups excluding carboxylic acids is 1. The van der Waals surface area contributed by atoms with Gasteiger partial charge in [0.25, 0.3) is 0 Å². The number of nitrogens with one attached hydrogen (secondary N) is 1. The maximum atomic E-state index is 11.2. The Hall–Kier alpha value is -0.410. The van der Waals surface area contributed by atoms with Crippen LogP contribution >= 0.6 is 0 Å². The number of aliphatic hydroxyl groups is 1. The molecule has 0 unspecified atom stereocenters. The van der Waals surface area contributed by atoms with Gasteiger partial charge in [-0.3, -0.25) is 4.79 Å². The molecule has 0 aromatic rings. The van der Waals surface area contributed by atoms with E-state index >= 15 is 0 Å². The zero-order valence-electron chi connectivity index (χ0n) is 7.48. The van der Waals surface area contributed by atoms with Crippen LogP contribution in [0.4, 0.5) is 0 Å². The third-order valence-corrected chi connectivity index (χ3v) is 1.41. The average Bonchev–Trinajstić information content (AvgIpc) is 1.86. The summed E-state index contributed by atoms with van der Waals surface area (Å²) in [6.45, 7) is 6.57. The molecule has 0 heterocycles. The quantitative estimate of drug-likeness (QED) is 0.575. The maximum Gasteiger partial charge on any atom is 0.151 e. The van der Waals surface area contributed by atoms with Crippen LogP contribution in [0.25, 0.3) is 0 Å². The number of rotatable bonds is 4. The lowest BCUT2D eigenvalue weighted by atomic mass is 9.91. The number of Topliss-reactive ketones (excluding diaryl/α,β-unsaturated/α-hetero) is 1. The van der Waals surface area contributed by atoms with E-state index in [0.29, 0.717) is 13.1 Å². The maximum absolute atomic E-state index is 11.2. The van der Waals surface area contributed by atoms with Gasteiger partial charge in [-0.1, -0.05) is 20.8 Å². The van der Waals surface area contributed by atoms with Crippen LogP contribution in [0.1, 0.15) is 20.8 Å². The van der Waals surface area contributed by atoms with Crippen LogP contribution in [-0.2, 0) is 4.79 Å². The molecule has 0 spiro atoms. The van der Waals surface area contributed by atoms with Gasteiger partial charge in [-0.15, -0.1) is 0 Å². The molecule has 0 saturated carbocycles. The smallest absolute Gasteiger partial charge is 0.151 e. The zero-order valence-corrected chi connectivity index (χ0v) is 7.48. The van der Waals surface area contributed by atoms with Crippen molar-refractivity contribution in [1.29, 1.82) is 0 Å². The summed E-state index contributed by atoms with van der Waals surface area (Å²) in [4.78, 5) is 11.2. The van der Waals surface area contributed by atoms with Gasteiger partial charge in [-0.2, -0.15) is 0 Å². The lowest BCUT2D eigenvalue weighted by Gasteiger charge is -2.16. The highest BCUT2D eigenvalue weighted by Crippen LogP contribution is 2.13. The topological polar surface area (TPSA) is 49.3 Å². The molecular weight excluding hydrogens is 142 g/mol. The van der Waals surface area contributed by atoms with Crippen molar-refractivity contribution in [1.82, 2.24) is 5.32 Å². The van der Waals surface area contributed by atoms with Gasteiger partial charge in [0, 0.05) is 12.0 Å². The van der Waals surface area contributed by atoms with Crippen molar-refractivity contribution in [2.75, 3.05) is 19.7 Å². The summed E-state index contributed by atoms with van der Waals surface area (Å²) in [6, 6.07) is 0. The van der Waals surface area contributed by atoms with E-state index in [0.717, 1.165) is 0 Å². The minimum Gasteiger partial charge on any atom is -0.395 e. The standard InChI is InChI=1S/C8H17NO2/c1-8(2,3)7(11)6-9-4-5-10/h9-10H,4-6H2,1-3H3. The summed E-state index contributed by atoms with van der Waals surface area (Å²) in [7, 11) is 0. The molecule has 3 nitrogen and oxygen atoms in total. The Morgan fingerprint density at radius 1 is 1.45 bits per heavy atom. The molecule has 0 saturated heterocycles. The summed E-state index contributed by atoms with van der Waals surface area (Å²) in [5.74, 6) is 0.172. The number of hydrogen-bond donors (Lipinski definition) is 2. The summed E-state index contributed by atoms with van der Waals surface area (Å²) in [5.41, 5.74) is -0.275. The van der Waals surface area contributed by atoms with Crippen LogP contribution in [0.15, 0.2) is 0 Å². The molecule has 0 atom stereocenters. The van der Waals surface area contributed by atoms with Crippen LogP contribution in [0, 0.1) is 5.41 Å². The second kappa shape index (κ2) is 4.46. The number of carbonyl (C=O) groups is 1. The fourth-order valence-electron chi connectivity index (χ4n) is 0.546. The molecule has 0 aliphatic rings. The largest absolute Gasteiger partial charge is 0.395 e. The van der Waals surface area contributed by atoms with Gasteiger partial charge < -0.3 is 10.4 Å². The van der Waals surface area contributed by atoms with Crippen LogP contribution in [-0.4, -0.2) is 30.6 Å². The summed E-state index contributed by atoms with van der Waals surface area (Å²) < 4.78 is 0. The third kappa shape index (κ3) is 4.93. The van der Waals surface area contributed by atoms with Crippen molar-refractivity contribution < 1.29 is 9.90 Å². The average molecular weight is 159 g/mol. The zero-order chi connectivity index (χ0) is 8.91. The Labute approximate surface area is 67.8 Å². The SMILES string of the molecule is CC(C)(C)C(=O)CNCCO. The van der Waals surface area contributed by atoms with Crippen LogP contribution < -0.4 is 5.32 Å². The van der Waals surface area contributed by atoms with Crippen molar-refractivity contribution in [3.8, 4) is 0 Å². The van der Waals surface area contributed by atoms with Crippen LogP contribution in [0.5, 0.6) is 0 Å². The summed E-state index contributed by atoms with van der Waals surface area (Å²) in [5, 5.41) is 11.2. The predicted octanol–water partition coefficient (Wildman–Crippen LogP) is 0.183. The highest BCUT2D eigenvalue weighted by Gasteiger charge is 2.19. The van der Waals surface area contributed by atoms with E-state index in [9.17, 15) is 4.79 Å². The molecule has 0 radical (unpaired) electrons. The second-order valence-corrected chi connectivity index (χ2v) is 3.57. The first-order valence-corrected chi connectivity index (χ1v) is 3.83. The van der Waals surface area contributed by atoms with Crippen LogP contribution in [0.2, 0.25) is 0 Å². The normalized spacial score (nSPS) is 11.6. The van der Waals surface area contributed by atoms with Crippen LogP contribution in [0.3, 0.4) is 0 Å². The minimum atomic E-state index is -0.275. The molecule has 0 bridgehead atoms. The van der Waals surface area contributed by atoms with Crippen molar-refractivity contribution >= 4 is 5.78 Å². The van der Waals surface area contributed by atoms with Gasteiger partial charge >= 0.3 is 0 Å². The van der Waals surface area contributed by atoms with Gasteiger partial charge in [0.05, 0.1) is 13.2 Å². The highest BCUT2D eigenvalue weighted by molar-refractivity contribution is 5.85. The minimum absolute atomic E-state index is 0.0808. The van der Waals surface area contributed by atoms with E-state index in [1.54, 1.807) is 0 Å². The number of ketones is 1. The van der Waals surface area contributed by atoms with E-state index in [4.69, 9.17) is 5.11 Å². The molecule has 0 amide bonds. The summed E-state index contributed by atoms with van der Waals surface area (Å²) >= 11 is 0. The van der Waals surface area contributed by atoms with E-state index < -0.39 is 0 Å². The van der Waals surface area contributed by atoms with E-state index in [1.165, 1.54) is 0 Å². The molecule has 0 aromatic carbocycles. The Balaban J connectivity index is 3.54. The second-order valence-electron chi connectivity index (χ2n) is 3.57. The molecular formula is C8H17NO2. The molecule has 66 valence electrons. The Kier molecular flexibility index (Phi) is 4.30. The van der Waals surface area contributed by atoms with E-state index in [1.807, 2.05) is 20.8 Å². The first kappa shape index (κ1) is 10.6. The molecule has 2 N–H and O–H groups in total. The van der Waals surface area contributed by atoms with Crippen molar-refractivity contribution in [3.05, 3.63) is 0 Å². The first-order valence-electron chi connectivity index (χ1n) is 3.83. The van der Waals surface area contributed by atoms with Gasteiger partial charge in [-0.25, -0.2) is 0 Å². The molecule has 0 rings (SSSR count). The summed E-state index contributed by atoms with van der Waals surface area (Å²) in [6.07, 6.45) is 0. The van der Waals surface area contributed by atoms with Crippen molar-refractivity contribution in [2.24, 2.45) is 5.41 Å². The Bertz CT molecular complexity index is 127. The van der Waals surface area contributed by atoms with Gasteiger partial charge in [0.1, 0.15) is 0 Å². The van der Waals surface area contributed by atoms with Gasteiger partial charge in [0.15, 0.2) is 5.78 Å². The monoisotopic (exact) mass is 159 g/mol. The fourth-order valence-corrected chi connectivity index (χ4v) is 0.546. The highest BCUT2D eigenvalue weighted by atomic mass is 16.3. The van der Waals surface area contributed by atoms with Gasteiger partial charge in [0.2, 0.25) is 0 Å². The lowest BCUT2D eigenvalue weighted by Crippen LogP contribution is -2.33. The Morgan fingerprint density at radius 2 is 2.00 bits per heavy atom. The van der Waals surface area contributed by atoms with Crippen molar-refractivity contribution in [2.45, 2.75) is 20.8 Å². The Morgan fingerprint density at radius 3 is 2.36 bits per heavy atom. The number of aliphatic hydroxyl groups excluding tert-OH is 1. The first-order chi connectivity index (χ1) is 4.98. The van der Waals surface area contributed by atoms with Crippen molar-refractivity contribution in [3.63, 3.8) is 0 Å². The van der Waals surface area contributed by atoms with E-state index in [-0.39, 0.29) is 17.8 Å². The van der Waals surface area contributed by atoms with E-state index in [2.05, 4.69) is 5.32 Å². The van der Waals surface area contributed by atoms with Gasteiger partial charge in [-0.05, 0) is 0 Å². The fraction of sp³-hybridized carbons (Fsp3) is 0.875. The molecule has 0 aromatic heterocycles.